The molecule has 0 saturated heterocycles. The summed E-state index contributed by atoms with van der Waals surface area (Å²) in [7, 11) is 0. The summed E-state index contributed by atoms with van der Waals surface area (Å²) in [5.41, 5.74) is 17.0. The Morgan fingerprint density at radius 3 is 1.79 bits per heavy atom. The Balaban J connectivity index is 1.20. The maximum absolute atomic E-state index is 3.63. The summed E-state index contributed by atoms with van der Waals surface area (Å²) in [6.45, 7) is 0.820. The first-order valence-corrected chi connectivity index (χ1v) is 18.0. The van der Waals surface area contributed by atoms with Gasteiger partial charge in [0.1, 0.15) is 0 Å². The molecule has 0 radical (unpaired) electrons. The van der Waals surface area contributed by atoms with Crippen LogP contribution in [0.25, 0.3) is 88.4 Å². The second-order valence-electron chi connectivity index (χ2n) is 13.8. The summed E-state index contributed by atoms with van der Waals surface area (Å²) < 4.78 is 4.89. The minimum absolute atomic E-state index is 0.820. The van der Waals surface area contributed by atoms with Crippen LogP contribution in [0.4, 0.5) is 5.69 Å². The van der Waals surface area contributed by atoms with E-state index in [1.165, 1.54) is 88.2 Å². The van der Waals surface area contributed by atoms with E-state index in [2.05, 4.69) is 196 Å². The molecular formula is C49H33N3. The summed E-state index contributed by atoms with van der Waals surface area (Å²) in [6.07, 6.45) is 0. The second kappa shape index (κ2) is 11.3. The maximum Gasteiger partial charge on any atom is 0.0561 e. The van der Waals surface area contributed by atoms with Crippen LogP contribution in [-0.4, -0.2) is 9.13 Å². The van der Waals surface area contributed by atoms with Crippen LogP contribution in [0.15, 0.2) is 182 Å². The highest BCUT2D eigenvalue weighted by Crippen LogP contribution is 2.44. The highest BCUT2D eigenvalue weighted by atomic mass is 15.0. The summed E-state index contributed by atoms with van der Waals surface area (Å²) in [5.74, 6) is 0. The molecule has 1 aliphatic rings. The molecule has 11 rings (SSSR count). The lowest BCUT2D eigenvalue weighted by Gasteiger charge is -2.24. The number of anilines is 1. The second-order valence-corrected chi connectivity index (χ2v) is 13.8. The molecule has 1 aliphatic heterocycles. The Kier molecular flexibility index (Phi) is 6.31. The highest BCUT2D eigenvalue weighted by molar-refractivity contribution is 6.13. The van der Waals surface area contributed by atoms with Crippen molar-refractivity contribution in [1.82, 2.24) is 9.13 Å². The minimum Gasteiger partial charge on any atom is -0.380 e. The van der Waals surface area contributed by atoms with Gasteiger partial charge in [0.2, 0.25) is 0 Å². The monoisotopic (exact) mass is 663 g/mol. The van der Waals surface area contributed by atoms with Gasteiger partial charge in [-0.15, -0.1) is 0 Å². The number of hydrogen-bond acceptors (Lipinski definition) is 1. The molecule has 0 spiro atoms. The zero-order valence-corrected chi connectivity index (χ0v) is 28.4. The van der Waals surface area contributed by atoms with E-state index < -0.39 is 0 Å². The van der Waals surface area contributed by atoms with Gasteiger partial charge >= 0.3 is 0 Å². The fraction of sp³-hybridized carbons (Fsp3) is 0.0204. The Morgan fingerprint density at radius 2 is 0.962 bits per heavy atom. The van der Waals surface area contributed by atoms with Crippen molar-refractivity contribution in [2.45, 2.75) is 6.54 Å². The van der Waals surface area contributed by atoms with Crippen molar-refractivity contribution in [1.29, 1.82) is 0 Å². The largest absolute Gasteiger partial charge is 0.380 e. The van der Waals surface area contributed by atoms with E-state index in [1.807, 2.05) is 0 Å². The molecule has 3 heterocycles. The lowest BCUT2D eigenvalue weighted by molar-refractivity contribution is 1.13. The Bertz CT molecular complexity index is 2960. The highest BCUT2D eigenvalue weighted by Gasteiger charge is 2.21. The zero-order valence-electron chi connectivity index (χ0n) is 28.4. The molecule has 0 unspecified atom stereocenters. The number of para-hydroxylation sites is 3. The fourth-order valence-electron chi connectivity index (χ4n) is 8.60. The first-order chi connectivity index (χ1) is 25.8. The van der Waals surface area contributed by atoms with Gasteiger partial charge in [-0.1, -0.05) is 133 Å². The number of aromatic nitrogens is 2. The van der Waals surface area contributed by atoms with Gasteiger partial charge in [-0.3, -0.25) is 0 Å². The minimum atomic E-state index is 0.820. The normalized spacial score (nSPS) is 12.3. The van der Waals surface area contributed by atoms with Gasteiger partial charge < -0.3 is 14.5 Å². The van der Waals surface area contributed by atoms with Crippen LogP contribution >= 0.6 is 0 Å². The standard InChI is InChI=1S/C49H33N3/c1-2-12-32(13-3-1)33-14-10-16-36(28-33)52-47-29-34(38-20-11-15-35-31-50-44-21-7-4-19-43(44)49(35)38)24-26-41(47)42-27-25-37(30-48(42)52)51-45-22-8-5-17-39(45)40-18-6-9-23-46(40)51/h1-30,50H,31H2. The van der Waals surface area contributed by atoms with Crippen molar-refractivity contribution >= 4 is 49.3 Å². The lowest BCUT2D eigenvalue weighted by Crippen LogP contribution is -2.09. The summed E-state index contributed by atoms with van der Waals surface area (Å²) >= 11 is 0. The Labute approximate surface area is 301 Å². The van der Waals surface area contributed by atoms with Crippen LogP contribution in [0, 0.1) is 0 Å². The fourth-order valence-corrected chi connectivity index (χ4v) is 8.60. The number of hydrogen-bond donors (Lipinski definition) is 1. The van der Waals surface area contributed by atoms with E-state index in [1.54, 1.807) is 0 Å². The zero-order chi connectivity index (χ0) is 34.2. The number of nitrogens with zero attached hydrogens (tertiary/aromatic N) is 2. The van der Waals surface area contributed by atoms with Crippen LogP contribution < -0.4 is 5.32 Å². The quantitative estimate of drug-likeness (QED) is 0.199. The molecule has 0 aliphatic carbocycles. The van der Waals surface area contributed by atoms with E-state index in [0.717, 1.165) is 17.9 Å². The molecule has 0 amide bonds. The predicted molar refractivity (Wildman–Crippen MR) is 219 cm³/mol. The number of benzene rings is 8. The van der Waals surface area contributed by atoms with Gasteiger partial charge in [-0.25, -0.2) is 0 Å². The third kappa shape index (κ3) is 4.33. The van der Waals surface area contributed by atoms with E-state index in [4.69, 9.17) is 0 Å². The van der Waals surface area contributed by atoms with Crippen LogP contribution in [-0.2, 0) is 6.54 Å². The van der Waals surface area contributed by atoms with Crippen molar-refractivity contribution in [3.05, 3.63) is 188 Å². The van der Waals surface area contributed by atoms with Crippen molar-refractivity contribution in [2.75, 3.05) is 5.32 Å². The topological polar surface area (TPSA) is 21.9 Å². The third-order valence-electron chi connectivity index (χ3n) is 10.9. The number of fused-ring (bicyclic) bond motifs is 9. The van der Waals surface area contributed by atoms with E-state index in [0.29, 0.717) is 0 Å². The Morgan fingerprint density at radius 1 is 0.365 bits per heavy atom. The lowest BCUT2D eigenvalue weighted by atomic mass is 9.87. The van der Waals surface area contributed by atoms with Crippen molar-refractivity contribution in [3.63, 3.8) is 0 Å². The molecule has 52 heavy (non-hydrogen) atoms. The number of rotatable bonds is 4. The van der Waals surface area contributed by atoms with Crippen molar-refractivity contribution in [3.8, 4) is 44.8 Å². The molecule has 2 aromatic heterocycles. The molecule has 0 saturated carbocycles. The molecule has 1 N–H and O–H groups in total. The van der Waals surface area contributed by atoms with Crippen LogP contribution in [0.5, 0.6) is 0 Å². The molecule has 0 atom stereocenters. The van der Waals surface area contributed by atoms with E-state index in [9.17, 15) is 0 Å². The molecule has 244 valence electrons. The average Bonchev–Trinajstić information content (AvgIpc) is 3.73. The van der Waals surface area contributed by atoms with E-state index >= 15 is 0 Å². The SMILES string of the molecule is c1ccc(-c2cccc(-n3c4cc(-c5cccc6c5-c5ccccc5NC6)ccc4c4ccc(-n5c6ccccc6c6ccccc65)cc43)c2)cc1. The van der Waals surface area contributed by atoms with Gasteiger partial charge in [0.05, 0.1) is 22.1 Å². The maximum atomic E-state index is 3.63. The molecule has 0 fully saturated rings. The summed E-state index contributed by atoms with van der Waals surface area (Å²) in [5, 5.41) is 8.64. The number of nitrogens with one attached hydrogen (secondary N) is 1. The van der Waals surface area contributed by atoms with Crippen molar-refractivity contribution in [2.24, 2.45) is 0 Å². The Hall–Kier alpha value is -6.84. The molecule has 3 nitrogen and oxygen atoms in total. The van der Waals surface area contributed by atoms with Crippen molar-refractivity contribution < 1.29 is 0 Å². The molecule has 8 aromatic carbocycles. The first-order valence-electron chi connectivity index (χ1n) is 18.0. The third-order valence-corrected chi connectivity index (χ3v) is 10.9. The van der Waals surface area contributed by atoms with Gasteiger partial charge in [0.25, 0.3) is 0 Å². The molecule has 3 heteroatoms. The molecular weight excluding hydrogens is 631 g/mol. The molecule has 0 bridgehead atoms. The summed E-state index contributed by atoms with van der Waals surface area (Å²) in [4.78, 5) is 0. The summed E-state index contributed by atoms with van der Waals surface area (Å²) in [6, 6.07) is 66.6. The van der Waals surface area contributed by atoms with Crippen LogP contribution in [0.3, 0.4) is 0 Å². The predicted octanol–water partition coefficient (Wildman–Crippen LogP) is 12.8. The van der Waals surface area contributed by atoms with Gasteiger partial charge in [0.15, 0.2) is 0 Å². The van der Waals surface area contributed by atoms with Gasteiger partial charge in [-0.2, -0.15) is 0 Å². The van der Waals surface area contributed by atoms with Crippen LogP contribution in [0.1, 0.15) is 5.56 Å². The van der Waals surface area contributed by atoms with Gasteiger partial charge in [0, 0.05) is 50.7 Å². The van der Waals surface area contributed by atoms with Gasteiger partial charge in [-0.05, 0) is 81.9 Å². The van der Waals surface area contributed by atoms with Crippen LogP contribution in [0.2, 0.25) is 0 Å². The molecule has 10 aromatic rings. The first kappa shape index (κ1) is 28.9. The smallest absolute Gasteiger partial charge is 0.0561 e. The average molecular weight is 664 g/mol. The van der Waals surface area contributed by atoms with E-state index in [-0.39, 0.29) is 0 Å².